The van der Waals surface area contributed by atoms with Gasteiger partial charge in [-0.1, -0.05) is 18.2 Å². The molecular weight excluding hydrogens is 292 g/mol. The predicted molar refractivity (Wildman–Crippen MR) is 85.3 cm³/mol. The molecule has 0 saturated heterocycles. The van der Waals surface area contributed by atoms with E-state index in [1.807, 2.05) is 42.3 Å². The number of carbonyl (C=O) groups excluding carboxylic acids is 1. The normalized spacial score (nSPS) is 18.8. The number of anilines is 1. The van der Waals surface area contributed by atoms with Gasteiger partial charge in [-0.05, 0) is 23.3 Å². The van der Waals surface area contributed by atoms with Gasteiger partial charge < -0.3 is 15.0 Å². The van der Waals surface area contributed by atoms with Crippen LogP contribution in [0.15, 0.2) is 30.3 Å². The summed E-state index contributed by atoms with van der Waals surface area (Å²) in [6.07, 6.45) is 0.972. The number of rotatable bonds is 2. The third-order valence-electron chi connectivity index (χ3n) is 4.43. The third-order valence-corrected chi connectivity index (χ3v) is 4.43. The lowest BCUT2D eigenvalue weighted by Gasteiger charge is -2.29. The molecule has 1 unspecified atom stereocenters. The number of hydrogen-bond donors (Lipinski definition) is 1. The van der Waals surface area contributed by atoms with Crippen LogP contribution in [0.25, 0.3) is 0 Å². The Morgan fingerprint density at radius 1 is 1.30 bits per heavy atom. The second-order valence-corrected chi connectivity index (χ2v) is 5.88. The summed E-state index contributed by atoms with van der Waals surface area (Å²) in [6.45, 7) is 1.23. The maximum Gasteiger partial charge on any atom is 0.264 e. The Balaban J connectivity index is 1.50. The van der Waals surface area contributed by atoms with Crippen molar-refractivity contribution in [2.75, 3.05) is 18.9 Å². The molecule has 0 aliphatic carbocycles. The van der Waals surface area contributed by atoms with Crippen LogP contribution < -0.4 is 10.1 Å². The fraction of sp³-hybridized carbons (Fsp3) is 0.353. The van der Waals surface area contributed by atoms with Gasteiger partial charge in [0.25, 0.3) is 5.91 Å². The van der Waals surface area contributed by atoms with Crippen LogP contribution in [0.1, 0.15) is 16.8 Å². The predicted octanol–water partition coefficient (Wildman–Crippen LogP) is 1.41. The van der Waals surface area contributed by atoms with Gasteiger partial charge in [0.1, 0.15) is 11.6 Å². The monoisotopic (exact) mass is 310 g/mol. The van der Waals surface area contributed by atoms with E-state index in [1.165, 1.54) is 0 Å². The maximum atomic E-state index is 12.8. The van der Waals surface area contributed by atoms with Crippen LogP contribution in [-0.2, 0) is 24.2 Å². The molecule has 6 heteroatoms. The van der Waals surface area contributed by atoms with Crippen molar-refractivity contribution >= 4 is 11.7 Å². The van der Waals surface area contributed by atoms with E-state index < -0.39 is 6.10 Å². The molecule has 1 N–H and O–H groups in total. The highest BCUT2D eigenvalue weighted by Crippen LogP contribution is 2.30. The molecule has 23 heavy (non-hydrogen) atoms. The molecule has 3 heterocycles. The lowest BCUT2D eigenvalue weighted by Crippen LogP contribution is -2.44. The largest absolute Gasteiger partial charge is 0.480 e. The van der Waals surface area contributed by atoms with E-state index in [4.69, 9.17) is 4.74 Å². The Morgan fingerprint density at radius 2 is 2.17 bits per heavy atom. The van der Waals surface area contributed by atoms with Crippen molar-refractivity contribution in [3.05, 3.63) is 47.2 Å². The number of hydrogen-bond acceptors (Lipinski definition) is 5. The van der Waals surface area contributed by atoms with Crippen LogP contribution in [0.2, 0.25) is 0 Å². The molecule has 1 aromatic carbocycles. The first-order valence-corrected chi connectivity index (χ1v) is 7.81. The summed E-state index contributed by atoms with van der Waals surface area (Å²) in [5.41, 5.74) is 3.13. The number of nitrogens with zero attached hydrogens (tertiary/aromatic N) is 3. The third kappa shape index (κ3) is 2.50. The molecule has 1 atom stereocenters. The molecule has 4 rings (SSSR count). The maximum absolute atomic E-state index is 12.8. The van der Waals surface area contributed by atoms with Crippen molar-refractivity contribution in [2.45, 2.75) is 25.5 Å². The van der Waals surface area contributed by atoms with Crippen molar-refractivity contribution in [1.82, 2.24) is 15.1 Å². The van der Waals surface area contributed by atoms with Crippen molar-refractivity contribution in [3.8, 4) is 5.75 Å². The first kappa shape index (κ1) is 14.0. The molecule has 1 aromatic heterocycles. The van der Waals surface area contributed by atoms with Crippen LogP contribution in [-0.4, -0.2) is 40.7 Å². The summed E-state index contributed by atoms with van der Waals surface area (Å²) in [4.78, 5) is 14.6. The van der Waals surface area contributed by atoms with Crippen LogP contribution >= 0.6 is 0 Å². The summed E-state index contributed by atoms with van der Waals surface area (Å²) in [6, 6.07) is 9.81. The first-order valence-electron chi connectivity index (χ1n) is 7.81. The number of para-hydroxylation sites is 1. The van der Waals surface area contributed by atoms with Crippen LogP contribution in [0, 0.1) is 0 Å². The smallest absolute Gasteiger partial charge is 0.264 e. The van der Waals surface area contributed by atoms with Crippen LogP contribution in [0.5, 0.6) is 5.75 Å². The molecule has 0 bridgehead atoms. The van der Waals surface area contributed by atoms with E-state index >= 15 is 0 Å². The summed E-state index contributed by atoms with van der Waals surface area (Å²) in [5, 5.41) is 11.3. The molecule has 0 fully saturated rings. The van der Waals surface area contributed by atoms with Gasteiger partial charge in [0.15, 0.2) is 6.10 Å². The van der Waals surface area contributed by atoms with Gasteiger partial charge in [0.2, 0.25) is 0 Å². The average molecular weight is 310 g/mol. The molecule has 118 valence electrons. The van der Waals surface area contributed by atoms with E-state index in [1.54, 1.807) is 0 Å². The van der Waals surface area contributed by atoms with Crippen molar-refractivity contribution in [1.29, 1.82) is 0 Å². The Labute approximate surface area is 134 Å². The average Bonchev–Trinajstić information content (AvgIpc) is 3.04. The minimum Gasteiger partial charge on any atom is -0.480 e. The summed E-state index contributed by atoms with van der Waals surface area (Å²) < 4.78 is 5.82. The molecule has 0 saturated carbocycles. The number of fused-ring (bicyclic) bond motifs is 2. The topological polar surface area (TPSA) is 67.4 Å². The highest BCUT2D eigenvalue weighted by atomic mass is 16.5. The van der Waals surface area contributed by atoms with Gasteiger partial charge in [-0.15, -0.1) is 5.10 Å². The van der Waals surface area contributed by atoms with Gasteiger partial charge in [0.05, 0.1) is 5.69 Å². The molecule has 2 aliphatic rings. The van der Waals surface area contributed by atoms with Crippen LogP contribution in [0.3, 0.4) is 0 Å². The van der Waals surface area contributed by atoms with Gasteiger partial charge in [0, 0.05) is 33.0 Å². The summed E-state index contributed by atoms with van der Waals surface area (Å²) >= 11 is 0. The van der Waals surface area contributed by atoms with Crippen molar-refractivity contribution in [3.63, 3.8) is 0 Å². The molecular formula is C17H18N4O2. The van der Waals surface area contributed by atoms with Crippen molar-refractivity contribution < 1.29 is 9.53 Å². The molecule has 2 aromatic rings. The molecule has 1 amide bonds. The lowest BCUT2D eigenvalue weighted by molar-refractivity contribution is -0.138. The first-order chi connectivity index (χ1) is 11.2. The van der Waals surface area contributed by atoms with E-state index in [0.29, 0.717) is 19.5 Å². The highest BCUT2D eigenvalue weighted by Gasteiger charge is 2.33. The number of ether oxygens (including phenoxy) is 1. The van der Waals surface area contributed by atoms with E-state index in [-0.39, 0.29) is 5.91 Å². The van der Waals surface area contributed by atoms with E-state index in [9.17, 15) is 4.79 Å². The molecule has 6 nitrogen and oxygen atoms in total. The van der Waals surface area contributed by atoms with Gasteiger partial charge >= 0.3 is 0 Å². The Kier molecular flexibility index (Phi) is 3.37. The zero-order chi connectivity index (χ0) is 15.8. The minimum atomic E-state index is -0.410. The molecule has 0 spiro atoms. The van der Waals surface area contributed by atoms with Crippen LogP contribution in [0.4, 0.5) is 5.82 Å². The quantitative estimate of drug-likeness (QED) is 0.908. The zero-order valence-corrected chi connectivity index (χ0v) is 13.0. The number of amides is 1. The van der Waals surface area contributed by atoms with Gasteiger partial charge in [-0.3, -0.25) is 4.79 Å². The van der Waals surface area contributed by atoms with E-state index in [0.717, 1.165) is 34.8 Å². The standard InChI is InChI=1S/C17H18N4O2/c1-18-16-9-12-10-21(7-6-13(12)19-20-16)17(22)15-8-11-4-2-3-5-14(11)23-15/h2-5,9,15H,6-8,10H2,1H3,(H,18,20). The van der Waals surface area contributed by atoms with E-state index in [2.05, 4.69) is 15.5 Å². The minimum absolute atomic E-state index is 0.0506. The fourth-order valence-corrected chi connectivity index (χ4v) is 3.16. The second kappa shape index (κ2) is 5.53. The summed E-state index contributed by atoms with van der Waals surface area (Å²) in [5.74, 6) is 1.60. The number of carbonyl (C=O) groups is 1. The number of aromatic nitrogens is 2. The van der Waals surface area contributed by atoms with Gasteiger partial charge in [-0.2, -0.15) is 5.10 Å². The zero-order valence-electron chi connectivity index (χ0n) is 13.0. The SMILES string of the molecule is CNc1cc2c(nn1)CCN(C(=O)C1Cc3ccccc3O1)C2. The number of nitrogens with one attached hydrogen (secondary N) is 1. The van der Waals surface area contributed by atoms with Crippen molar-refractivity contribution in [2.24, 2.45) is 0 Å². The second-order valence-electron chi connectivity index (χ2n) is 5.88. The number of benzene rings is 1. The van der Waals surface area contributed by atoms with Gasteiger partial charge in [-0.25, -0.2) is 0 Å². The summed E-state index contributed by atoms with van der Waals surface area (Å²) in [7, 11) is 1.81. The Bertz CT molecular complexity index is 737. The Morgan fingerprint density at radius 3 is 3.00 bits per heavy atom. The lowest BCUT2D eigenvalue weighted by atomic mass is 10.0. The molecule has 0 radical (unpaired) electrons. The molecule has 2 aliphatic heterocycles. The Hall–Kier alpha value is -2.63. The highest BCUT2D eigenvalue weighted by molar-refractivity contribution is 5.83. The fourth-order valence-electron chi connectivity index (χ4n) is 3.16.